The first kappa shape index (κ1) is 17.9. The van der Waals surface area contributed by atoms with Crippen LogP contribution in [-0.2, 0) is 11.3 Å². The Bertz CT molecular complexity index is 791. The summed E-state index contributed by atoms with van der Waals surface area (Å²) in [6.07, 6.45) is 0.245. The van der Waals surface area contributed by atoms with E-state index in [0.717, 1.165) is 17.1 Å². The highest BCUT2D eigenvalue weighted by Crippen LogP contribution is 2.09. The van der Waals surface area contributed by atoms with Gasteiger partial charge in [0.15, 0.2) is 0 Å². The van der Waals surface area contributed by atoms with Crippen LogP contribution in [0.2, 0.25) is 0 Å². The van der Waals surface area contributed by atoms with Crippen LogP contribution < -0.4 is 11.0 Å². The second kappa shape index (κ2) is 7.42. The number of carbonyl (C=O) groups is 1. The first-order valence-corrected chi connectivity index (χ1v) is 8.12. The van der Waals surface area contributed by atoms with E-state index in [2.05, 4.69) is 15.4 Å². The molecule has 130 valence electrons. The Morgan fingerprint density at radius 1 is 1.17 bits per heavy atom. The number of aromatic nitrogens is 4. The molecule has 1 unspecified atom stereocenters. The van der Waals surface area contributed by atoms with Crippen molar-refractivity contribution in [2.75, 3.05) is 6.54 Å². The molecule has 0 spiro atoms. The summed E-state index contributed by atoms with van der Waals surface area (Å²) < 4.78 is 3.44. The summed E-state index contributed by atoms with van der Waals surface area (Å²) in [5.74, 6) is -0.0877. The Morgan fingerprint density at radius 2 is 1.83 bits per heavy atom. The highest BCUT2D eigenvalue weighted by Gasteiger charge is 2.12. The van der Waals surface area contributed by atoms with E-state index in [1.165, 1.54) is 4.57 Å². The lowest BCUT2D eigenvalue weighted by Gasteiger charge is -2.15. The predicted molar refractivity (Wildman–Crippen MR) is 92.0 cm³/mol. The molecule has 1 N–H and O–H groups in total. The van der Waals surface area contributed by atoms with Crippen LogP contribution in [0.15, 0.2) is 16.9 Å². The van der Waals surface area contributed by atoms with Crippen LogP contribution in [0.3, 0.4) is 0 Å². The number of nitrogens with one attached hydrogen (secondary N) is 1. The monoisotopic (exact) mass is 331 g/mol. The molecule has 2 aromatic rings. The lowest BCUT2D eigenvalue weighted by molar-refractivity contribution is -0.121. The van der Waals surface area contributed by atoms with Gasteiger partial charge in [-0.3, -0.25) is 14.0 Å². The lowest BCUT2D eigenvalue weighted by Crippen LogP contribution is -2.33. The van der Waals surface area contributed by atoms with Crippen LogP contribution in [0.25, 0.3) is 0 Å². The standard InChI is InChI=1S/C17H25N5O2/c1-11-8-13(3)21(17(24)19-11)7-6-16(23)18-10-15(5)22-14(4)9-12(2)20-22/h8-9,15H,6-7,10H2,1-5H3,(H,18,23). The van der Waals surface area contributed by atoms with E-state index in [-0.39, 0.29) is 24.1 Å². The van der Waals surface area contributed by atoms with Gasteiger partial charge < -0.3 is 5.32 Å². The van der Waals surface area contributed by atoms with Gasteiger partial charge in [0.1, 0.15) is 0 Å². The zero-order valence-corrected chi connectivity index (χ0v) is 15.0. The fourth-order valence-corrected chi connectivity index (χ4v) is 2.79. The molecule has 7 nitrogen and oxygen atoms in total. The average Bonchev–Trinajstić information content (AvgIpc) is 2.82. The van der Waals surface area contributed by atoms with Gasteiger partial charge in [0.25, 0.3) is 0 Å². The van der Waals surface area contributed by atoms with Gasteiger partial charge in [0, 0.05) is 36.6 Å². The molecule has 0 fully saturated rings. The van der Waals surface area contributed by atoms with Gasteiger partial charge in [-0.2, -0.15) is 10.1 Å². The third-order valence-electron chi connectivity index (χ3n) is 3.97. The second-order valence-electron chi connectivity index (χ2n) is 6.25. The largest absolute Gasteiger partial charge is 0.354 e. The molecule has 0 aliphatic heterocycles. The highest BCUT2D eigenvalue weighted by molar-refractivity contribution is 5.75. The zero-order chi connectivity index (χ0) is 17.9. The molecule has 2 rings (SSSR count). The maximum Gasteiger partial charge on any atom is 0.347 e. The maximum atomic E-state index is 12.1. The Kier molecular flexibility index (Phi) is 5.54. The van der Waals surface area contributed by atoms with E-state index in [4.69, 9.17) is 0 Å². The third-order valence-corrected chi connectivity index (χ3v) is 3.97. The molecule has 2 aromatic heterocycles. The zero-order valence-electron chi connectivity index (χ0n) is 15.0. The van der Waals surface area contributed by atoms with Crippen molar-refractivity contribution in [3.05, 3.63) is 45.4 Å². The van der Waals surface area contributed by atoms with Gasteiger partial charge >= 0.3 is 5.69 Å². The quantitative estimate of drug-likeness (QED) is 0.868. The Balaban J connectivity index is 1.88. The summed E-state index contributed by atoms with van der Waals surface area (Å²) >= 11 is 0. The van der Waals surface area contributed by atoms with Crippen LogP contribution in [-0.4, -0.2) is 31.8 Å². The minimum atomic E-state index is -0.309. The molecule has 1 amide bonds. The smallest absolute Gasteiger partial charge is 0.347 e. The molecular formula is C17H25N5O2. The lowest BCUT2D eigenvalue weighted by atomic mass is 10.3. The van der Waals surface area contributed by atoms with Crippen LogP contribution in [0, 0.1) is 27.7 Å². The molecule has 0 aliphatic rings. The number of nitrogens with zero attached hydrogens (tertiary/aromatic N) is 4. The SMILES string of the molecule is Cc1cc(C)n(CCC(=O)NCC(C)n2nc(C)cc2C)c(=O)n1. The van der Waals surface area contributed by atoms with E-state index in [1.54, 1.807) is 6.92 Å². The van der Waals surface area contributed by atoms with E-state index in [9.17, 15) is 9.59 Å². The van der Waals surface area contributed by atoms with Gasteiger partial charge in [-0.15, -0.1) is 0 Å². The first-order valence-electron chi connectivity index (χ1n) is 8.12. The minimum absolute atomic E-state index is 0.0770. The van der Waals surface area contributed by atoms with Crippen molar-refractivity contribution in [1.29, 1.82) is 0 Å². The first-order chi connectivity index (χ1) is 11.3. The molecule has 0 saturated carbocycles. The average molecular weight is 331 g/mol. The normalized spacial score (nSPS) is 12.2. The number of carbonyl (C=O) groups excluding carboxylic acids is 1. The number of amides is 1. The maximum absolute atomic E-state index is 12.1. The van der Waals surface area contributed by atoms with Crippen molar-refractivity contribution in [2.45, 2.75) is 53.6 Å². The van der Waals surface area contributed by atoms with Crippen LogP contribution in [0.4, 0.5) is 0 Å². The summed E-state index contributed by atoms with van der Waals surface area (Å²) in [7, 11) is 0. The minimum Gasteiger partial charge on any atom is -0.354 e. The van der Waals surface area contributed by atoms with Crippen molar-refractivity contribution in [3.8, 4) is 0 Å². The molecule has 0 aliphatic carbocycles. The summed E-state index contributed by atoms with van der Waals surface area (Å²) in [4.78, 5) is 27.8. The van der Waals surface area contributed by atoms with Crippen LogP contribution in [0.5, 0.6) is 0 Å². The van der Waals surface area contributed by atoms with Crippen molar-refractivity contribution >= 4 is 5.91 Å². The third kappa shape index (κ3) is 4.31. The number of rotatable bonds is 6. The van der Waals surface area contributed by atoms with Crippen molar-refractivity contribution in [1.82, 2.24) is 24.6 Å². The molecule has 0 bridgehead atoms. The molecule has 7 heteroatoms. The molecule has 2 heterocycles. The summed E-state index contributed by atoms with van der Waals surface area (Å²) in [6, 6.07) is 3.93. The second-order valence-corrected chi connectivity index (χ2v) is 6.25. The molecular weight excluding hydrogens is 306 g/mol. The highest BCUT2D eigenvalue weighted by atomic mass is 16.2. The van der Waals surface area contributed by atoms with E-state index < -0.39 is 0 Å². The Morgan fingerprint density at radius 3 is 2.42 bits per heavy atom. The van der Waals surface area contributed by atoms with Gasteiger partial charge in [0.2, 0.25) is 5.91 Å². The van der Waals surface area contributed by atoms with Crippen LogP contribution in [0.1, 0.15) is 42.2 Å². The fourth-order valence-electron chi connectivity index (χ4n) is 2.79. The predicted octanol–water partition coefficient (Wildman–Crippen LogP) is 1.44. The van der Waals surface area contributed by atoms with Crippen molar-refractivity contribution < 1.29 is 4.79 Å². The number of hydrogen-bond donors (Lipinski definition) is 1. The van der Waals surface area contributed by atoms with Gasteiger partial charge in [0.05, 0.1) is 11.7 Å². The van der Waals surface area contributed by atoms with Crippen molar-refractivity contribution in [3.63, 3.8) is 0 Å². The van der Waals surface area contributed by atoms with Gasteiger partial charge in [-0.05, 0) is 46.8 Å². The Labute approximate surface area is 141 Å². The van der Waals surface area contributed by atoms with E-state index >= 15 is 0 Å². The van der Waals surface area contributed by atoms with Gasteiger partial charge in [-0.25, -0.2) is 4.79 Å². The summed E-state index contributed by atoms with van der Waals surface area (Å²) in [6.45, 7) is 10.4. The van der Waals surface area contributed by atoms with Gasteiger partial charge in [-0.1, -0.05) is 0 Å². The van der Waals surface area contributed by atoms with E-state index in [1.807, 2.05) is 44.5 Å². The summed E-state index contributed by atoms with van der Waals surface area (Å²) in [5, 5.41) is 7.33. The molecule has 0 radical (unpaired) electrons. The van der Waals surface area contributed by atoms with E-state index in [0.29, 0.717) is 18.8 Å². The summed E-state index contributed by atoms with van der Waals surface area (Å²) in [5.41, 5.74) is 3.24. The van der Waals surface area contributed by atoms with Crippen LogP contribution >= 0.6 is 0 Å². The number of hydrogen-bond acceptors (Lipinski definition) is 4. The molecule has 1 atom stereocenters. The number of aryl methyl sites for hydroxylation is 4. The molecule has 0 aromatic carbocycles. The molecule has 0 saturated heterocycles. The fraction of sp³-hybridized carbons (Fsp3) is 0.529. The topological polar surface area (TPSA) is 81.8 Å². The van der Waals surface area contributed by atoms with Crippen molar-refractivity contribution in [2.24, 2.45) is 0 Å². The Hall–Kier alpha value is -2.44. The molecule has 24 heavy (non-hydrogen) atoms.